The Labute approximate surface area is 141 Å². The zero-order valence-electron chi connectivity index (χ0n) is 12.4. The van der Waals surface area contributed by atoms with Gasteiger partial charge in [0.1, 0.15) is 5.82 Å². The molecule has 0 atom stereocenters. The first-order valence-electron chi connectivity index (χ1n) is 7.22. The average Bonchev–Trinajstić information content (AvgIpc) is 2.87. The lowest BCUT2D eigenvalue weighted by Gasteiger charge is -2.03. The summed E-state index contributed by atoms with van der Waals surface area (Å²) in [6, 6.07) is 11.5. The molecule has 0 saturated heterocycles. The van der Waals surface area contributed by atoms with Crippen molar-refractivity contribution in [1.82, 2.24) is 4.57 Å². The van der Waals surface area contributed by atoms with Crippen LogP contribution in [0.15, 0.2) is 47.5 Å². The van der Waals surface area contributed by atoms with E-state index in [4.69, 9.17) is 11.6 Å². The van der Waals surface area contributed by atoms with Crippen LogP contribution in [0.4, 0.5) is 4.39 Å². The summed E-state index contributed by atoms with van der Waals surface area (Å²) in [5.41, 5.74) is 0.956. The van der Waals surface area contributed by atoms with E-state index in [9.17, 15) is 9.18 Å². The van der Waals surface area contributed by atoms with Crippen LogP contribution in [0.1, 0.15) is 23.7 Å². The number of thiazole rings is 1. The number of halogens is 2. The number of hydrogen-bond donors (Lipinski definition) is 0. The SMILES string of the molecule is CCCn1c(=NC(=O)c2ccc(Cl)cc2)sc2cccc(F)c21. The molecule has 3 nitrogen and oxygen atoms in total. The summed E-state index contributed by atoms with van der Waals surface area (Å²) in [7, 11) is 0. The predicted molar refractivity (Wildman–Crippen MR) is 91.4 cm³/mol. The molecule has 0 unspecified atom stereocenters. The fourth-order valence-corrected chi connectivity index (χ4v) is 3.54. The highest BCUT2D eigenvalue weighted by Gasteiger charge is 2.12. The number of rotatable bonds is 3. The van der Waals surface area contributed by atoms with Crippen molar-refractivity contribution in [3.05, 3.63) is 63.7 Å². The van der Waals surface area contributed by atoms with E-state index < -0.39 is 0 Å². The summed E-state index contributed by atoms with van der Waals surface area (Å²) in [5, 5.41) is 0.562. The van der Waals surface area contributed by atoms with Gasteiger partial charge in [-0.1, -0.05) is 35.9 Å². The molecule has 0 spiro atoms. The Morgan fingerprint density at radius 3 is 2.70 bits per heavy atom. The molecule has 1 amide bonds. The van der Waals surface area contributed by atoms with Crippen LogP contribution < -0.4 is 4.80 Å². The number of para-hydroxylation sites is 1. The molecule has 0 radical (unpaired) electrons. The van der Waals surface area contributed by atoms with Gasteiger partial charge in [-0.2, -0.15) is 4.99 Å². The molecule has 0 N–H and O–H groups in total. The predicted octanol–water partition coefficient (Wildman–Crippen LogP) is 4.65. The second-order valence-corrected chi connectivity index (χ2v) is 6.49. The molecule has 3 rings (SSSR count). The highest BCUT2D eigenvalue weighted by molar-refractivity contribution is 7.16. The van der Waals surface area contributed by atoms with Gasteiger partial charge in [-0.15, -0.1) is 0 Å². The maximum absolute atomic E-state index is 14.1. The van der Waals surface area contributed by atoms with Crippen molar-refractivity contribution in [2.75, 3.05) is 0 Å². The number of nitrogens with zero attached hydrogens (tertiary/aromatic N) is 2. The van der Waals surface area contributed by atoms with Crippen molar-refractivity contribution in [1.29, 1.82) is 0 Å². The molecule has 2 aromatic carbocycles. The van der Waals surface area contributed by atoms with Gasteiger partial charge in [0.25, 0.3) is 5.91 Å². The molecule has 0 fully saturated rings. The smallest absolute Gasteiger partial charge is 0.279 e. The van der Waals surface area contributed by atoms with Crippen LogP contribution in [0, 0.1) is 5.82 Å². The zero-order chi connectivity index (χ0) is 16.4. The first-order valence-corrected chi connectivity index (χ1v) is 8.42. The van der Waals surface area contributed by atoms with E-state index in [0.717, 1.165) is 11.1 Å². The molecular formula is C17H14ClFN2OS. The van der Waals surface area contributed by atoms with Gasteiger partial charge in [0.05, 0.1) is 10.2 Å². The van der Waals surface area contributed by atoms with Gasteiger partial charge in [-0.3, -0.25) is 4.79 Å². The summed E-state index contributed by atoms with van der Waals surface area (Å²) in [5.74, 6) is -0.661. The summed E-state index contributed by atoms with van der Waals surface area (Å²) in [6.07, 6.45) is 0.822. The molecule has 1 heterocycles. The zero-order valence-corrected chi connectivity index (χ0v) is 14.0. The van der Waals surface area contributed by atoms with E-state index in [1.807, 2.05) is 13.0 Å². The largest absolute Gasteiger partial charge is 0.314 e. The van der Waals surface area contributed by atoms with Crippen LogP contribution >= 0.6 is 22.9 Å². The Bertz CT molecular complexity index is 928. The van der Waals surface area contributed by atoms with Crippen molar-refractivity contribution in [3.8, 4) is 0 Å². The Kier molecular flexibility index (Phi) is 4.59. The molecule has 0 saturated carbocycles. The monoisotopic (exact) mass is 348 g/mol. The molecule has 118 valence electrons. The molecule has 0 bridgehead atoms. The lowest BCUT2D eigenvalue weighted by atomic mass is 10.2. The van der Waals surface area contributed by atoms with Crippen LogP contribution in [0.5, 0.6) is 0 Å². The fraction of sp³-hybridized carbons (Fsp3) is 0.176. The molecule has 3 aromatic rings. The molecule has 0 aliphatic carbocycles. The Morgan fingerprint density at radius 2 is 2.00 bits per heavy atom. The van der Waals surface area contributed by atoms with E-state index in [1.165, 1.54) is 17.4 Å². The third kappa shape index (κ3) is 3.21. The minimum Gasteiger partial charge on any atom is -0.314 e. The standard InChI is InChI=1S/C17H14ClFN2OS/c1-2-10-21-15-13(19)4-3-5-14(15)23-17(21)20-16(22)11-6-8-12(18)9-7-11/h3-9H,2,10H2,1H3. The molecule has 6 heteroatoms. The average molecular weight is 349 g/mol. The minimum absolute atomic E-state index is 0.299. The topological polar surface area (TPSA) is 34.4 Å². The maximum atomic E-state index is 14.1. The van der Waals surface area contributed by atoms with Crippen LogP contribution in [-0.4, -0.2) is 10.5 Å². The number of fused-ring (bicyclic) bond motifs is 1. The molecular weight excluding hydrogens is 335 g/mol. The summed E-state index contributed by atoms with van der Waals surface area (Å²) in [4.78, 5) is 17.0. The highest BCUT2D eigenvalue weighted by atomic mass is 35.5. The fourth-order valence-electron chi connectivity index (χ4n) is 2.35. The van der Waals surface area contributed by atoms with Crippen molar-refractivity contribution in [3.63, 3.8) is 0 Å². The highest BCUT2D eigenvalue weighted by Crippen LogP contribution is 2.21. The normalized spacial score (nSPS) is 12.0. The Hall–Kier alpha value is -1.98. The van der Waals surface area contributed by atoms with Crippen LogP contribution in [0.3, 0.4) is 0 Å². The Morgan fingerprint density at radius 1 is 1.26 bits per heavy atom. The van der Waals surface area contributed by atoms with Crippen molar-refractivity contribution in [2.24, 2.45) is 4.99 Å². The van der Waals surface area contributed by atoms with Crippen molar-refractivity contribution in [2.45, 2.75) is 19.9 Å². The number of carbonyl (C=O) groups excluding carboxylic acids is 1. The second-order valence-electron chi connectivity index (χ2n) is 5.05. The number of amides is 1. The lowest BCUT2D eigenvalue weighted by molar-refractivity contribution is 0.0998. The number of aromatic nitrogens is 1. The number of aryl methyl sites for hydroxylation is 1. The minimum atomic E-state index is -0.363. The van der Waals surface area contributed by atoms with Gasteiger partial charge >= 0.3 is 0 Å². The molecule has 0 aliphatic heterocycles. The molecule has 0 aliphatic rings. The van der Waals surface area contributed by atoms with E-state index in [2.05, 4.69) is 4.99 Å². The quantitative estimate of drug-likeness (QED) is 0.678. The van der Waals surface area contributed by atoms with E-state index in [1.54, 1.807) is 34.9 Å². The van der Waals surface area contributed by atoms with Gasteiger partial charge in [0, 0.05) is 17.1 Å². The Balaban J connectivity index is 2.14. The first kappa shape index (κ1) is 15.9. The summed E-state index contributed by atoms with van der Waals surface area (Å²) in [6.45, 7) is 2.61. The van der Waals surface area contributed by atoms with Crippen LogP contribution in [-0.2, 0) is 6.54 Å². The maximum Gasteiger partial charge on any atom is 0.279 e. The van der Waals surface area contributed by atoms with Crippen molar-refractivity contribution >= 4 is 39.1 Å². The lowest BCUT2D eigenvalue weighted by Crippen LogP contribution is -2.17. The summed E-state index contributed by atoms with van der Waals surface area (Å²) < 4.78 is 16.7. The second kappa shape index (κ2) is 6.64. The van der Waals surface area contributed by atoms with Gasteiger partial charge in [-0.25, -0.2) is 4.39 Å². The van der Waals surface area contributed by atoms with Gasteiger partial charge in [0.2, 0.25) is 0 Å². The first-order chi connectivity index (χ1) is 11.1. The molecule has 23 heavy (non-hydrogen) atoms. The van der Waals surface area contributed by atoms with Crippen LogP contribution in [0.2, 0.25) is 5.02 Å². The third-order valence-corrected chi connectivity index (χ3v) is 4.68. The number of benzene rings is 2. The van der Waals surface area contributed by atoms with Gasteiger partial charge in [-0.05, 0) is 42.8 Å². The van der Waals surface area contributed by atoms with E-state index in [0.29, 0.717) is 27.4 Å². The van der Waals surface area contributed by atoms with E-state index >= 15 is 0 Å². The number of hydrogen-bond acceptors (Lipinski definition) is 2. The van der Waals surface area contributed by atoms with Gasteiger partial charge < -0.3 is 4.57 Å². The van der Waals surface area contributed by atoms with Crippen LogP contribution in [0.25, 0.3) is 10.2 Å². The summed E-state index contributed by atoms with van der Waals surface area (Å²) >= 11 is 7.14. The molecule has 1 aromatic heterocycles. The van der Waals surface area contributed by atoms with Crippen molar-refractivity contribution < 1.29 is 9.18 Å². The third-order valence-electron chi connectivity index (χ3n) is 3.39. The van der Waals surface area contributed by atoms with E-state index in [-0.39, 0.29) is 11.7 Å². The number of carbonyl (C=O) groups is 1. The van der Waals surface area contributed by atoms with Gasteiger partial charge in [0.15, 0.2) is 4.80 Å².